The van der Waals surface area contributed by atoms with Crippen LogP contribution in [0.4, 0.5) is 11.4 Å². The van der Waals surface area contributed by atoms with Crippen LogP contribution < -0.4 is 4.90 Å². The molecule has 1 aliphatic rings. The molecule has 3 rings (SSSR count). The Morgan fingerprint density at radius 2 is 1.44 bits per heavy atom. The van der Waals surface area contributed by atoms with Crippen molar-refractivity contribution in [2.45, 2.75) is 16.2 Å². The van der Waals surface area contributed by atoms with Crippen LogP contribution in [0, 0.1) is 0 Å². The molecule has 0 unspecified atom stereocenters. The summed E-state index contributed by atoms with van der Waals surface area (Å²) in [5, 5.41) is 0. The molecule has 0 fully saturated rings. The van der Waals surface area contributed by atoms with Crippen molar-refractivity contribution in [3.05, 3.63) is 48.5 Å². The number of rotatable bonds is 3. The van der Waals surface area contributed by atoms with Crippen molar-refractivity contribution in [2.24, 2.45) is 0 Å². The Morgan fingerprint density at radius 1 is 0.889 bits per heavy atom. The minimum atomic E-state index is 1.09. The quantitative estimate of drug-likeness (QED) is 0.548. The Balaban J connectivity index is 2.05. The number of hydrogen-bond donors (Lipinski definition) is 0. The maximum Gasteiger partial charge on any atom is 0.0552 e. The third kappa shape index (κ3) is 2.26. The van der Waals surface area contributed by atoms with Gasteiger partial charge in [-0.25, -0.2) is 0 Å². The van der Waals surface area contributed by atoms with Crippen molar-refractivity contribution in [3.8, 4) is 0 Å². The van der Waals surface area contributed by atoms with Gasteiger partial charge in [0.1, 0.15) is 0 Å². The van der Waals surface area contributed by atoms with Crippen LogP contribution in [0.25, 0.3) is 0 Å². The number of fused-ring (bicyclic) bond motifs is 2. The summed E-state index contributed by atoms with van der Waals surface area (Å²) in [6.07, 6.45) is 1.22. The zero-order valence-corrected chi connectivity index (χ0v) is 12.9. The second-order valence-electron chi connectivity index (χ2n) is 4.23. The van der Waals surface area contributed by atoms with Crippen molar-refractivity contribution < 1.29 is 0 Å². The molecule has 2 aromatic carbocycles. The van der Waals surface area contributed by atoms with Gasteiger partial charge in [0.25, 0.3) is 0 Å². The van der Waals surface area contributed by atoms with Crippen molar-refractivity contribution in [1.29, 1.82) is 0 Å². The van der Waals surface area contributed by atoms with E-state index in [9.17, 15) is 0 Å². The Kier molecular flexibility index (Phi) is 3.80. The number of nitrogens with zero attached hydrogens (tertiary/aromatic N) is 1. The van der Waals surface area contributed by atoms with Crippen LogP contribution in [0.5, 0.6) is 0 Å². The first-order valence-corrected chi connectivity index (χ1v) is 8.44. The van der Waals surface area contributed by atoms with Gasteiger partial charge in [-0.3, -0.25) is 0 Å². The van der Waals surface area contributed by atoms with Crippen molar-refractivity contribution in [2.75, 3.05) is 15.9 Å². The van der Waals surface area contributed by atoms with Crippen LogP contribution >= 0.6 is 34.4 Å². The van der Waals surface area contributed by atoms with E-state index in [1.807, 2.05) is 11.8 Å². The predicted molar refractivity (Wildman–Crippen MR) is 87.5 cm³/mol. The van der Waals surface area contributed by atoms with Gasteiger partial charge in [-0.1, -0.05) is 58.6 Å². The van der Waals surface area contributed by atoms with Crippen LogP contribution in [0.15, 0.2) is 58.3 Å². The first-order valence-electron chi connectivity index (χ1n) is 6.09. The van der Waals surface area contributed by atoms with E-state index in [0.717, 1.165) is 6.54 Å². The fourth-order valence-electron chi connectivity index (χ4n) is 2.24. The minimum absolute atomic E-state index is 1.09. The van der Waals surface area contributed by atoms with Gasteiger partial charge >= 0.3 is 0 Å². The molecule has 0 aliphatic carbocycles. The summed E-state index contributed by atoms with van der Waals surface area (Å²) in [6, 6.07) is 17.4. The molecule has 0 saturated carbocycles. The number of para-hydroxylation sites is 2. The van der Waals surface area contributed by atoms with E-state index in [-0.39, 0.29) is 0 Å². The molecule has 0 radical (unpaired) electrons. The van der Waals surface area contributed by atoms with Gasteiger partial charge in [0, 0.05) is 20.8 Å². The summed E-state index contributed by atoms with van der Waals surface area (Å²) < 4.78 is 1.20. The van der Waals surface area contributed by atoms with E-state index in [0.29, 0.717) is 0 Å². The van der Waals surface area contributed by atoms with E-state index in [4.69, 9.17) is 0 Å². The summed E-state index contributed by atoms with van der Waals surface area (Å²) in [6.45, 7) is 1.09. The third-order valence-electron chi connectivity index (χ3n) is 3.05. The molecule has 1 aliphatic heterocycles. The Labute approximate surface area is 126 Å². The lowest BCUT2D eigenvalue weighted by atomic mass is 10.2. The smallest absolute Gasteiger partial charge is 0.0552 e. The first-order chi connectivity index (χ1) is 8.90. The lowest BCUT2D eigenvalue weighted by Gasteiger charge is -2.32. The fourth-order valence-corrected chi connectivity index (χ4v) is 3.68. The highest BCUT2D eigenvalue weighted by atomic mass is 127. The average molecular weight is 367 g/mol. The molecule has 92 valence electrons. The number of hydrogen-bond acceptors (Lipinski definition) is 2. The molecule has 0 N–H and O–H groups in total. The van der Waals surface area contributed by atoms with Gasteiger partial charge in [0.2, 0.25) is 0 Å². The molecule has 1 heterocycles. The van der Waals surface area contributed by atoms with E-state index < -0.39 is 0 Å². The summed E-state index contributed by atoms with van der Waals surface area (Å²) in [5.41, 5.74) is 2.71. The maximum absolute atomic E-state index is 2.46. The molecule has 0 saturated heterocycles. The van der Waals surface area contributed by atoms with Crippen LogP contribution in [0.3, 0.4) is 0 Å². The molecule has 1 nitrogen and oxygen atoms in total. The van der Waals surface area contributed by atoms with E-state index in [2.05, 4.69) is 76.0 Å². The van der Waals surface area contributed by atoms with Gasteiger partial charge in [-0.15, -0.1) is 0 Å². The number of benzene rings is 2. The summed E-state index contributed by atoms with van der Waals surface area (Å²) >= 11 is 4.33. The number of anilines is 2. The number of halogens is 1. The van der Waals surface area contributed by atoms with Crippen LogP contribution in [-0.4, -0.2) is 11.0 Å². The SMILES string of the molecule is ICCCN1c2ccccc2Sc2ccccc21. The largest absolute Gasteiger partial charge is 0.340 e. The molecule has 18 heavy (non-hydrogen) atoms. The Morgan fingerprint density at radius 3 is 2.00 bits per heavy atom. The summed E-state index contributed by atoms with van der Waals surface area (Å²) in [4.78, 5) is 5.19. The van der Waals surface area contributed by atoms with Gasteiger partial charge in [0.05, 0.1) is 11.4 Å². The van der Waals surface area contributed by atoms with Crippen LogP contribution in [0.1, 0.15) is 6.42 Å². The van der Waals surface area contributed by atoms with E-state index in [1.54, 1.807) is 0 Å². The molecule has 0 spiro atoms. The van der Waals surface area contributed by atoms with Gasteiger partial charge in [-0.2, -0.15) is 0 Å². The zero-order chi connectivity index (χ0) is 12.4. The normalized spacial score (nSPS) is 13.1. The number of alkyl halides is 1. The zero-order valence-electron chi connectivity index (χ0n) is 9.97. The highest BCUT2D eigenvalue weighted by molar-refractivity contribution is 14.1. The topological polar surface area (TPSA) is 3.24 Å². The van der Waals surface area contributed by atoms with Crippen LogP contribution in [0.2, 0.25) is 0 Å². The van der Waals surface area contributed by atoms with Crippen molar-refractivity contribution >= 4 is 45.7 Å². The highest BCUT2D eigenvalue weighted by Gasteiger charge is 2.21. The molecule has 2 aromatic rings. The van der Waals surface area contributed by atoms with Crippen LogP contribution in [-0.2, 0) is 0 Å². The average Bonchev–Trinajstić information content (AvgIpc) is 2.43. The lowest BCUT2D eigenvalue weighted by molar-refractivity contribution is 0.881. The second-order valence-corrected chi connectivity index (χ2v) is 6.39. The van der Waals surface area contributed by atoms with Gasteiger partial charge in [-0.05, 0) is 30.7 Å². The van der Waals surface area contributed by atoms with Gasteiger partial charge in [0.15, 0.2) is 0 Å². The minimum Gasteiger partial charge on any atom is -0.340 e. The highest BCUT2D eigenvalue weighted by Crippen LogP contribution is 2.47. The second kappa shape index (κ2) is 5.53. The molecule has 3 heteroatoms. The van der Waals surface area contributed by atoms with E-state index in [1.165, 1.54) is 32.0 Å². The lowest BCUT2D eigenvalue weighted by Crippen LogP contribution is -2.22. The molecule has 0 atom stereocenters. The molecular weight excluding hydrogens is 353 g/mol. The maximum atomic E-state index is 2.46. The fraction of sp³-hybridized carbons (Fsp3) is 0.200. The summed E-state index contributed by atoms with van der Waals surface area (Å²) in [7, 11) is 0. The van der Waals surface area contributed by atoms with E-state index >= 15 is 0 Å². The first kappa shape index (κ1) is 12.4. The van der Waals surface area contributed by atoms with Crippen molar-refractivity contribution in [3.63, 3.8) is 0 Å². The van der Waals surface area contributed by atoms with Gasteiger partial charge < -0.3 is 4.90 Å². The molecule has 0 bridgehead atoms. The predicted octanol–water partition coefficient (Wildman–Crippen LogP) is 5.11. The Hall–Kier alpha value is -0.680. The standard InChI is InChI=1S/C15H14INS/c16-10-5-11-17-12-6-1-3-8-14(12)18-15-9-4-2-7-13(15)17/h1-4,6-9H,5,10-11H2. The summed E-state index contributed by atoms with van der Waals surface area (Å²) in [5.74, 6) is 0. The van der Waals surface area contributed by atoms with Crippen molar-refractivity contribution in [1.82, 2.24) is 0 Å². The molecule has 0 amide bonds. The Bertz CT molecular complexity index is 510. The monoisotopic (exact) mass is 367 g/mol. The molecule has 0 aromatic heterocycles. The third-order valence-corrected chi connectivity index (χ3v) is 4.94. The molecular formula is C15H14INS.